The summed E-state index contributed by atoms with van der Waals surface area (Å²) >= 11 is 0. The molecule has 1 aromatic rings. The van der Waals surface area contributed by atoms with Crippen molar-refractivity contribution >= 4 is 23.8 Å². The van der Waals surface area contributed by atoms with E-state index >= 15 is 0 Å². The van der Waals surface area contributed by atoms with Gasteiger partial charge in [0.25, 0.3) is 0 Å². The lowest BCUT2D eigenvalue weighted by atomic mass is 9.95. The highest BCUT2D eigenvalue weighted by Crippen LogP contribution is 2.27. The lowest BCUT2D eigenvalue weighted by Gasteiger charge is -2.34. The van der Waals surface area contributed by atoms with E-state index in [1.807, 2.05) is 32.0 Å². The largest absolute Gasteiger partial charge is 0.444 e. The molecule has 0 bridgehead atoms. The van der Waals surface area contributed by atoms with Crippen molar-refractivity contribution in [3.63, 3.8) is 0 Å². The normalized spacial score (nSPS) is 12.9. The summed E-state index contributed by atoms with van der Waals surface area (Å²) in [5.74, 6) is -1.67. The first kappa shape index (κ1) is 29.9. The molecule has 2 atom stereocenters. The highest BCUT2D eigenvalue weighted by molar-refractivity contribution is 5.94. The van der Waals surface area contributed by atoms with Gasteiger partial charge in [0.2, 0.25) is 17.7 Å². The van der Waals surface area contributed by atoms with Crippen molar-refractivity contribution in [2.75, 3.05) is 13.1 Å². The lowest BCUT2D eigenvalue weighted by Crippen LogP contribution is -2.54. The molecule has 0 radical (unpaired) electrons. The van der Waals surface area contributed by atoms with Crippen LogP contribution in [0, 0.1) is 13.8 Å². The van der Waals surface area contributed by atoms with Gasteiger partial charge in [-0.3, -0.25) is 14.4 Å². The maximum atomic E-state index is 13.7. The third-order valence-corrected chi connectivity index (χ3v) is 5.60. The molecule has 1 aromatic carbocycles. The number of aryl methyl sites for hydroxylation is 1. The van der Waals surface area contributed by atoms with E-state index in [-0.39, 0.29) is 12.5 Å². The third kappa shape index (κ3) is 9.58. The van der Waals surface area contributed by atoms with Gasteiger partial charge in [-0.2, -0.15) is 0 Å². The van der Waals surface area contributed by atoms with Gasteiger partial charge in [0.05, 0.1) is 6.42 Å². The van der Waals surface area contributed by atoms with Crippen molar-refractivity contribution in [2.45, 2.75) is 91.8 Å². The minimum absolute atomic E-state index is 0.171. The summed E-state index contributed by atoms with van der Waals surface area (Å²) in [6.07, 6.45) is 1.55. The number of benzene rings is 1. The summed E-state index contributed by atoms with van der Waals surface area (Å²) in [7, 11) is 0. The van der Waals surface area contributed by atoms with Gasteiger partial charge in [0.15, 0.2) is 0 Å². The van der Waals surface area contributed by atoms with Gasteiger partial charge in [-0.1, -0.05) is 38.0 Å². The average molecular weight is 491 g/mol. The van der Waals surface area contributed by atoms with Crippen LogP contribution in [0.5, 0.6) is 0 Å². The first-order valence-corrected chi connectivity index (χ1v) is 12.2. The molecule has 4 N–H and O–H groups in total. The zero-order chi connectivity index (χ0) is 26.8. The molecule has 2 unspecified atom stereocenters. The predicted molar refractivity (Wildman–Crippen MR) is 136 cm³/mol. The van der Waals surface area contributed by atoms with Crippen molar-refractivity contribution in [2.24, 2.45) is 5.73 Å². The third-order valence-electron chi connectivity index (χ3n) is 5.60. The molecule has 4 amide bonds. The van der Waals surface area contributed by atoms with Crippen LogP contribution in [0.25, 0.3) is 0 Å². The second kappa shape index (κ2) is 13.7. The Bertz CT molecular complexity index is 894. The zero-order valence-electron chi connectivity index (χ0n) is 22.2. The molecule has 196 valence electrons. The smallest absolute Gasteiger partial charge is 0.408 e. The number of carbonyl (C=O) groups is 4. The Morgan fingerprint density at radius 3 is 2.29 bits per heavy atom. The number of primary amides is 1. The number of alkyl carbamates (subject to hydrolysis) is 1. The Labute approximate surface area is 209 Å². The minimum Gasteiger partial charge on any atom is -0.444 e. The van der Waals surface area contributed by atoms with Crippen LogP contribution in [0.1, 0.15) is 83.0 Å². The highest BCUT2D eigenvalue weighted by atomic mass is 16.6. The van der Waals surface area contributed by atoms with Gasteiger partial charge < -0.3 is 26.0 Å². The van der Waals surface area contributed by atoms with Crippen LogP contribution in [-0.4, -0.2) is 53.4 Å². The van der Waals surface area contributed by atoms with Gasteiger partial charge in [-0.15, -0.1) is 0 Å². The molecule has 9 heteroatoms. The van der Waals surface area contributed by atoms with Crippen LogP contribution in [-0.2, 0) is 19.1 Å². The predicted octanol–water partition coefficient (Wildman–Crippen LogP) is 3.27. The summed E-state index contributed by atoms with van der Waals surface area (Å²) in [5.41, 5.74) is 7.14. The van der Waals surface area contributed by atoms with E-state index in [9.17, 15) is 19.2 Å². The van der Waals surface area contributed by atoms with Gasteiger partial charge in [0, 0.05) is 13.1 Å². The first-order chi connectivity index (χ1) is 16.3. The van der Waals surface area contributed by atoms with Gasteiger partial charge in [0.1, 0.15) is 17.7 Å². The quantitative estimate of drug-likeness (QED) is 0.387. The van der Waals surface area contributed by atoms with Gasteiger partial charge in [-0.25, -0.2) is 4.79 Å². The monoisotopic (exact) mass is 490 g/mol. The van der Waals surface area contributed by atoms with Crippen LogP contribution >= 0.6 is 0 Å². The number of unbranched alkanes of at least 4 members (excludes halogenated alkanes) is 2. The minimum atomic E-state index is -1.28. The molecule has 0 saturated heterocycles. The van der Waals surface area contributed by atoms with Crippen molar-refractivity contribution in [1.82, 2.24) is 15.5 Å². The van der Waals surface area contributed by atoms with Crippen LogP contribution in [0.4, 0.5) is 4.79 Å². The standard InChI is InChI=1S/C26H42N4O5/c1-8-10-11-15-28-23(32)22(19-14-12-13-17(3)18(19)4)30(9-2)24(33)20(16-21(27)31)29-25(34)35-26(5,6)7/h12-14,20,22H,8-11,15-16H2,1-7H3,(H2,27,31)(H,28,32)(H,29,34). The Morgan fingerprint density at radius 2 is 1.74 bits per heavy atom. The summed E-state index contributed by atoms with van der Waals surface area (Å²) in [6, 6.07) is 3.38. The number of nitrogens with zero attached hydrogens (tertiary/aromatic N) is 1. The second-order valence-electron chi connectivity index (χ2n) is 9.68. The van der Waals surface area contributed by atoms with Crippen LogP contribution in [0.2, 0.25) is 0 Å². The first-order valence-electron chi connectivity index (χ1n) is 12.2. The molecule has 9 nitrogen and oxygen atoms in total. The summed E-state index contributed by atoms with van der Waals surface area (Å²) in [6.45, 7) is 13.4. The van der Waals surface area contributed by atoms with Gasteiger partial charge in [-0.05, 0) is 64.7 Å². The number of ether oxygens (including phenoxy) is 1. The molecular weight excluding hydrogens is 448 g/mol. The Hall–Kier alpha value is -3.10. The molecule has 0 aromatic heterocycles. The van der Waals surface area contributed by atoms with Gasteiger partial charge >= 0.3 is 6.09 Å². The summed E-state index contributed by atoms with van der Waals surface area (Å²) < 4.78 is 5.26. The lowest BCUT2D eigenvalue weighted by molar-refractivity contribution is -0.143. The van der Waals surface area contributed by atoms with Crippen molar-refractivity contribution in [3.05, 3.63) is 34.9 Å². The van der Waals surface area contributed by atoms with Crippen LogP contribution in [0.15, 0.2) is 18.2 Å². The SMILES string of the molecule is CCCCCNC(=O)C(c1cccc(C)c1C)N(CC)C(=O)C(CC(N)=O)NC(=O)OC(C)(C)C. The molecule has 0 fully saturated rings. The topological polar surface area (TPSA) is 131 Å². The molecule has 0 saturated carbocycles. The van der Waals surface area contributed by atoms with Crippen molar-refractivity contribution in [3.8, 4) is 0 Å². The van der Waals surface area contributed by atoms with Crippen LogP contribution in [0.3, 0.4) is 0 Å². The number of nitrogens with two attached hydrogens (primary N) is 1. The molecule has 1 rings (SSSR count). The summed E-state index contributed by atoms with van der Waals surface area (Å²) in [4.78, 5) is 52.6. The Morgan fingerprint density at radius 1 is 1.09 bits per heavy atom. The molecule has 0 heterocycles. The van der Waals surface area contributed by atoms with E-state index in [4.69, 9.17) is 10.5 Å². The number of carbonyl (C=O) groups excluding carboxylic acids is 4. The Balaban J connectivity index is 3.37. The number of nitrogens with one attached hydrogen (secondary N) is 2. The van der Waals surface area contributed by atoms with E-state index in [0.29, 0.717) is 12.1 Å². The molecule has 0 aliphatic heterocycles. The fourth-order valence-corrected chi connectivity index (χ4v) is 3.72. The van der Waals surface area contributed by atoms with Crippen molar-refractivity contribution < 1.29 is 23.9 Å². The number of likely N-dealkylation sites (N-methyl/N-ethyl adjacent to an activating group) is 1. The second-order valence-corrected chi connectivity index (χ2v) is 9.68. The molecule has 0 spiro atoms. The Kier molecular flexibility index (Phi) is 11.7. The molecular formula is C26H42N4O5. The summed E-state index contributed by atoms with van der Waals surface area (Å²) in [5, 5.41) is 5.41. The van der Waals surface area contributed by atoms with E-state index in [1.165, 1.54) is 4.90 Å². The zero-order valence-corrected chi connectivity index (χ0v) is 22.2. The fourth-order valence-electron chi connectivity index (χ4n) is 3.72. The van der Waals surface area contributed by atoms with E-state index in [0.717, 1.165) is 30.4 Å². The highest BCUT2D eigenvalue weighted by Gasteiger charge is 2.36. The fraction of sp³-hybridized carbons (Fsp3) is 0.615. The van der Waals surface area contributed by atoms with E-state index < -0.39 is 42.0 Å². The van der Waals surface area contributed by atoms with E-state index in [1.54, 1.807) is 27.7 Å². The molecule has 0 aliphatic rings. The number of amides is 4. The number of hydrogen-bond donors (Lipinski definition) is 3. The average Bonchev–Trinajstić information content (AvgIpc) is 2.74. The maximum Gasteiger partial charge on any atom is 0.408 e. The van der Waals surface area contributed by atoms with Crippen molar-refractivity contribution in [1.29, 1.82) is 0 Å². The van der Waals surface area contributed by atoms with Crippen LogP contribution < -0.4 is 16.4 Å². The number of rotatable bonds is 12. The maximum absolute atomic E-state index is 13.7. The van der Waals surface area contributed by atoms with E-state index in [2.05, 4.69) is 17.6 Å². The number of hydrogen-bond acceptors (Lipinski definition) is 5. The molecule has 35 heavy (non-hydrogen) atoms. The molecule has 0 aliphatic carbocycles.